The molecule has 172 valence electrons. The molecule has 8 nitrogen and oxygen atoms in total. The molecule has 3 atom stereocenters. The number of carbonyl (C=O) groups is 3. The topological polar surface area (TPSA) is 86.7 Å². The third-order valence-electron chi connectivity index (χ3n) is 7.29. The van der Waals surface area contributed by atoms with E-state index in [0.29, 0.717) is 43.4 Å². The first-order valence-electron chi connectivity index (χ1n) is 11.9. The Balaban J connectivity index is 1.30. The molecule has 0 N–H and O–H groups in total. The Morgan fingerprint density at radius 3 is 2.30 bits per heavy atom. The van der Waals surface area contributed by atoms with Gasteiger partial charge in [0.15, 0.2) is 0 Å². The van der Waals surface area contributed by atoms with Crippen molar-refractivity contribution in [1.82, 2.24) is 24.7 Å². The Kier molecular flexibility index (Phi) is 6.07. The number of carbonyl (C=O) groups excluding carboxylic acids is 3. The molecule has 3 amide bonds. The first-order valence-corrected chi connectivity index (χ1v) is 11.9. The molecule has 3 aliphatic rings. The van der Waals surface area contributed by atoms with Crippen LogP contribution >= 0.6 is 0 Å². The van der Waals surface area contributed by atoms with E-state index in [9.17, 15) is 14.4 Å². The highest BCUT2D eigenvalue weighted by molar-refractivity contribution is 5.98. The molecule has 1 aromatic carbocycles. The zero-order valence-corrected chi connectivity index (χ0v) is 18.7. The van der Waals surface area contributed by atoms with Crippen LogP contribution in [0, 0.1) is 5.92 Å². The molecule has 2 aliphatic heterocycles. The molecule has 3 unspecified atom stereocenters. The summed E-state index contributed by atoms with van der Waals surface area (Å²) < 4.78 is 0. The number of piperazine rings is 1. The Morgan fingerprint density at radius 2 is 1.58 bits per heavy atom. The fraction of sp³-hybridized carbons (Fsp3) is 0.480. The third kappa shape index (κ3) is 4.21. The SMILES string of the molecule is O=C(c1cnccn1)N1CCN(C(=O)C2CC3CCCCC3N2C(=O)c2ccccc2)CC1. The lowest BCUT2D eigenvalue weighted by molar-refractivity contribution is -0.137. The average Bonchev–Trinajstić information content (AvgIpc) is 3.28. The number of hydrogen-bond donors (Lipinski definition) is 0. The predicted molar refractivity (Wildman–Crippen MR) is 121 cm³/mol. The van der Waals surface area contributed by atoms with Crippen LogP contribution in [0.4, 0.5) is 0 Å². The lowest BCUT2D eigenvalue weighted by Crippen LogP contribution is -2.56. The highest BCUT2D eigenvalue weighted by Gasteiger charge is 2.48. The summed E-state index contributed by atoms with van der Waals surface area (Å²) in [7, 11) is 0. The van der Waals surface area contributed by atoms with Gasteiger partial charge in [-0.1, -0.05) is 31.0 Å². The number of amides is 3. The number of nitrogens with zero attached hydrogens (tertiary/aromatic N) is 5. The second-order valence-corrected chi connectivity index (χ2v) is 9.15. The number of aromatic nitrogens is 2. The molecule has 1 aromatic heterocycles. The minimum atomic E-state index is -0.423. The van der Waals surface area contributed by atoms with Gasteiger partial charge >= 0.3 is 0 Å². The van der Waals surface area contributed by atoms with Crippen LogP contribution in [0.2, 0.25) is 0 Å². The molecule has 8 heteroatoms. The maximum atomic E-state index is 13.6. The van der Waals surface area contributed by atoms with Gasteiger partial charge < -0.3 is 14.7 Å². The summed E-state index contributed by atoms with van der Waals surface area (Å²) in [5.41, 5.74) is 0.956. The predicted octanol–water partition coefficient (Wildman–Crippen LogP) is 2.23. The summed E-state index contributed by atoms with van der Waals surface area (Å²) in [5, 5.41) is 0. The maximum absolute atomic E-state index is 13.6. The number of rotatable bonds is 3. The van der Waals surface area contributed by atoms with Gasteiger partial charge in [0.1, 0.15) is 11.7 Å². The third-order valence-corrected chi connectivity index (χ3v) is 7.29. The average molecular weight is 448 g/mol. The minimum Gasteiger partial charge on any atom is -0.337 e. The highest BCUT2D eigenvalue weighted by atomic mass is 16.2. The van der Waals surface area contributed by atoms with Crippen molar-refractivity contribution in [2.24, 2.45) is 5.92 Å². The summed E-state index contributed by atoms with van der Waals surface area (Å²) in [6.07, 6.45) is 9.55. The Hall–Kier alpha value is -3.29. The highest BCUT2D eigenvalue weighted by Crippen LogP contribution is 2.41. The van der Waals surface area contributed by atoms with Crippen molar-refractivity contribution in [3.63, 3.8) is 0 Å². The van der Waals surface area contributed by atoms with Crippen LogP contribution in [0.25, 0.3) is 0 Å². The smallest absolute Gasteiger partial charge is 0.274 e. The van der Waals surface area contributed by atoms with Crippen molar-refractivity contribution in [3.8, 4) is 0 Å². The molecule has 2 saturated heterocycles. The monoisotopic (exact) mass is 447 g/mol. The van der Waals surface area contributed by atoms with Gasteiger partial charge in [-0.25, -0.2) is 4.98 Å². The maximum Gasteiger partial charge on any atom is 0.274 e. The molecule has 1 aliphatic carbocycles. The van der Waals surface area contributed by atoms with Gasteiger partial charge in [0.2, 0.25) is 5.91 Å². The molecule has 0 spiro atoms. The lowest BCUT2D eigenvalue weighted by Gasteiger charge is -2.38. The van der Waals surface area contributed by atoms with Gasteiger partial charge in [-0.2, -0.15) is 0 Å². The molecule has 2 aromatic rings. The second-order valence-electron chi connectivity index (χ2n) is 9.15. The normalized spacial score (nSPS) is 25.0. The van der Waals surface area contributed by atoms with Gasteiger partial charge in [-0.05, 0) is 37.3 Å². The molecular weight excluding hydrogens is 418 g/mol. The summed E-state index contributed by atoms with van der Waals surface area (Å²) >= 11 is 0. The van der Waals surface area contributed by atoms with E-state index in [1.165, 1.54) is 25.0 Å². The molecule has 1 saturated carbocycles. The van der Waals surface area contributed by atoms with Crippen molar-refractivity contribution in [3.05, 3.63) is 60.2 Å². The summed E-state index contributed by atoms with van der Waals surface area (Å²) in [5.74, 6) is 0.197. The zero-order chi connectivity index (χ0) is 22.8. The van der Waals surface area contributed by atoms with Crippen LogP contribution in [-0.2, 0) is 4.79 Å². The van der Waals surface area contributed by atoms with Gasteiger partial charge in [-0.15, -0.1) is 0 Å². The number of likely N-dealkylation sites (tertiary alicyclic amines) is 1. The largest absolute Gasteiger partial charge is 0.337 e. The van der Waals surface area contributed by atoms with Crippen molar-refractivity contribution in [2.75, 3.05) is 26.2 Å². The molecule has 33 heavy (non-hydrogen) atoms. The van der Waals surface area contributed by atoms with E-state index >= 15 is 0 Å². The standard InChI is InChI=1S/C25H29N5O3/c31-23(18-6-2-1-3-7-18)30-21-9-5-4-8-19(21)16-22(30)25(33)29-14-12-28(13-15-29)24(32)20-17-26-10-11-27-20/h1-3,6-7,10-11,17,19,21-22H,4-5,8-9,12-16H2. The minimum absolute atomic E-state index is 0.0142. The van der Waals surface area contributed by atoms with E-state index in [1.807, 2.05) is 40.1 Å². The van der Waals surface area contributed by atoms with E-state index in [0.717, 1.165) is 25.7 Å². The van der Waals surface area contributed by atoms with Crippen LogP contribution in [0.5, 0.6) is 0 Å². The van der Waals surface area contributed by atoms with Crippen LogP contribution < -0.4 is 0 Å². The second kappa shape index (κ2) is 9.29. The van der Waals surface area contributed by atoms with E-state index in [4.69, 9.17) is 0 Å². The number of hydrogen-bond acceptors (Lipinski definition) is 5. The molecule has 3 fully saturated rings. The lowest BCUT2D eigenvalue weighted by atomic mass is 9.84. The van der Waals surface area contributed by atoms with Crippen molar-refractivity contribution < 1.29 is 14.4 Å². The first kappa shape index (κ1) is 21.6. The first-order chi connectivity index (χ1) is 16.1. The van der Waals surface area contributed by atoms with Gasteiger partial charge in [0, 0.05) is 50.2 Å². The van der Waals surface area contributed by atoms with E-state index in [2.05, 4.69) is 9.97 Å². The van der Waals surface area contributed by atoms with Crippen molar-refractivity contribution in [1.29, 1.82) is 0 Å². The quantitative estimate of drug-likeness (QED) is 0.720. The molecule has 0 bridgehead atoms. The van der Waals surface area contributed by atoms with E-state index in [-0.39, 0.29) is 23.8 Å². The Labute approximate surface area is 193 Å². The molecule has 3 heterocycles. The van der Waals surface area contributed by atoms with Crippen LogP contribution in [-0.4, -0.2) is 80.7 Å². The van der Waals surface area contributed by atoms with Crippen molar-refractivity contribution >= 4 is 17.7 Å². The van der Waals surface area contributed by atoms with Crippen molar-refractivity contribution in [2.45, 2.75) is 44.2 Å². The van der Waals surface area contributed by atoms with Crippen LogP contribution in [0.3, 0.4) is 0 Å². The van der Waals surface area contributed by atoms with E-state index in [1.54, 1.807) is 4.90 Å². The zero-order valence-electron chi connectivity index (χ0n) is 18.7. The van der Waals surface area contributed by atoms with Gasteiger partial charge in [0.25, 0.3) is 11.8 Å². The summed E-state index contributed by atoms with van der Waals surface area (Å²) in [6, 6.07) is 9.01. The van der Waals surface area contributed by atoms with Crippen LogP contribution in [0.1, 0.15) is 53.0 Å². The summed E-state index contributed by atoms with van der Waals surface area (Å²) in [4.78, 5) is 53.3. The Bertz CT molecular complexity index is 1010. The summed E-state index contributed by atoms with van der Waals surface area (Å²) in [6.45, 7) is 1.83. The molecule has 5 rings (SSSR count). The fourth-order valence-electron chi connectivity index (χ4n) is 5.61. The molecular formula is C25H29N5O3. The van der Waals surface area contributed by atoms with Gasteiger partial charge in [-0.3, -0.25) is 19.4 Å². The number of fused-ring (bicyclic) bond motifs is 1. The van der Waals surface area contributed by atoms with Gasteiger partial charge in [0.05, 0.1) is 6.20 Å². The number of benzene rings is 1. The Morgan fingerprint density at radius 1 is 0.848 bits per heavy atom. The fourth-order valence-corrected chi connectivity index (χ4v) is 5.61. The molecule has 0 radical (unpaired) electrons. The van der Waals surface area contributed by atoms with Crippen LogP contribution in [0.15, 0.2) is 48.9 Å². The van der Waals surface area contributed by atoms with E-state index < -0.39 is 6.04 Å².